The van der Waals surface area contributed by atoms with Gasteiger partial charge in [0, 0.05) is 12.1 Å². The van der Waals surface area contributed by atoms with Gasteiger partial charge in [-0.3, -0.25) is 4.79 Å². The van der Waals surface area contributed by atoms with E-state index in [0.29, 0.717) is 12.0 Å². The van der Waals surface area contributed by atoms with Crippen molar-refractivity contribution in [1.82, 2.24) is 5.32 Å². The molecule has 1 heterocycles. The predicted molar refractivity (Wildman–Crippen MR) is 77.7 cm³/mol. The topological polar surface area (TPSA) is 41.1 Å². The van der Waals surface area contributed by atoms with Crippen LogP contribution in [0.15, 0.2) is 18.2 Å². The van der Waals surface area contributed by atoms with Gasteiger partial charge in [0.05, 0.1) is 5.56 Å². The predicted octanol–water partition coefficient (Wildman–Crippen LogP) is 3.37. The van der Waals surface area contributed by atoms with Crippen LogP contribution in [0.1, 0.15) is 24.0 Å². The fourth-order valence-electron chi connectivity index (χ4n) is 2.29. The number of hydrogen-bond donors (Lipinski definition) is 2. The summed E-state index contributed by atoms with van der Waals surface area (Å²) in [5, 5.41) is 5.74. The van der Waals surface area contributed by atoms with E-state index in [0.717, 1.165) is 31.6 Å². The Kier molecular flexibility index (Phi) is 6.04. The van der Waals surface area contributed by atoms with Crippen molar-refractivity contribution in [3.8, 4) is 0 Å². The lowest BCUT2D eigenvalue weighted by atomic mass is 10.0. The smallest absolute Gasteiger partial charge is 0.326 e. The zero-order chi connectivity index (χ0) is 14.8. The maximum absolute atomic E-state index is 12.6. The molecule has 0 bridgehead atoms. The lowest BCUT2D eigenvalue weighted by molar-refractivity contribution is -0.137. The number of halogens is 4. The van der Waals surface area contributed by atoms with Gasteiger partial charge in [0.25, 0.3) is 0 Å². The first kappa shape index (κ1) is 17.8. The Balaban J connectivity index is 0.00000220. The molecule has 7 heteroatoms. The van der Waals surface area contributed by atoms with Crippen molar-refractivity contribution in [2.24, 2.45) is 5.92 Å². The van der Waals surface area contributed by atoms with E-state index in [1.807, 2.05) is 0 Å². The molecule has 3 nitrogen and oxygen atoms in total. The number of carbonyl (C=O) groups is 1. The minimum Gasteiger partial charge on any atom is -0.326 e. The standard InChI is InChI=1S/C14H17F3N2O.ClH/c1-9-2-3-11(14(15,16)17)7-12(9)19-13(20)6-10-4-5-18-8-10;/h2-3,7,10,18H,4-6,8H2,1H3,(H,19,20);1H. The van der Waals surface area contributed by atoms with Crippen molar-refractivity contribution < 1.29 is 18.0 Å². The Morgan fingerprint density at radius 3 is 2.71 bits per heavy atom. The Bertz CT molecular complexity index is 499. The van der Waals surface area contributed by atoms with E-state index in [9.17, 15) is 18.0 Å². The number of carbonyl (C=O) groups excluding carboxylic acids is 1. The summed E-state index contributed by atoms with van der Waals surface area (Å²) in [7, 11) is 0. The second-order valence-corrected chi connectivity index (χ2v) is 5.14. The van der Waals surface area contributed by atoms with Crippen LogP contribution in [0.3, 0.4) is 0 Å². The van der Waals surface area contributed by atoms with Gasteiger partial charge < -0.3 is 10.6 Å². The highest BCUT2D eigenvalue weighted by atomic mass is 35.5. The summed E-state index contributed by atoms with van der Waals surface area (Å²) in [6.45, 7) is 3.35. The molecule has 2 rings (SSSR count). The zero-order valence-corrected chi connectivity index (χ0v) is 12.4. The van der Waals surface area contributed by atoms with Gasteiger partial charge in [-0.25, -0.2) is 0 Å². The van der Waals surface area contributed by atoms with E-state index in [1.165, 1.54) is 6.07 Å². The molecule has 21 heavy (non-hydrogen) atoms. The molecule has 1 unspecified atom stereocenters. The molecule has 1 aromatic carbocycles. The van der Waals surface area contributed by atoms with Gasteiger partial charge in [-0.1, -0.05) is 6.07 Å². The Morgan fingerprint density at radius 1 is 1.43 bits per heavy atom. The van der Waals surface area contributed by atoms with Gasteiger partial charge in [-0.05, 0) is 50.0 Å². The quantitative estimate of drug-likeness (QED) is 0.896. The average Bonchev–Trinajstić information content (AvgIpc) is 2.83. The molecule has 1 aromatic rings. The van der Waals surface area contributed by atoms with E-state index in [-0.39, 0.29) is 29.9 Å². The minimum absolute atomic E-state index is 0. The number of rotatable bonds is 3. The van der Waals surface area contributed by atoms with Crippen LogP contribution in [-0.2, 0) is 11.0 Å². The summed E-state index contributed by atoms with van der Waals surface area (Å²) in [4.78, 5) is 11.9. The fraction of sp³-hybridized carbons (Fsp3) is 0.500. The first-order valence-electron chi connectivity index (χ1n) is 6.54. The van der Waals surface area contributed by atoms with Crippen LogP contribution in [0.25, 0.3) is 0 Å². The molecule has 0 saturated carbocycles. The molecular formula is C14H18ClF3N2O. The third-order valence-electron chi connectivity index (χ3n) is 3.48. The maximum atomic E-state index is 12.6. The largest absolute Gasteiger partial charge is 0.416 e. The lowest BCUT2D eigenvalue weighted by Crippen LogP contribution is -2.19. The molecule has 1 saturated heterocycles. The van der Waals surface area contributed by atoms with Gasteiger partial charge in [-0.2, -0.15) is 13.2 Å². The van der Waals surface area contributed by atoms with E-state index < -0.39 is 11.7 Å². The number of nitrogens with one attached hydrogen (secondary N) is 2. The van der Waals surface area contributed by atoms with Crippen LogP contribution in [0.5, 0.6) is 0 Å². The SMILES string of the molecule is Cc1ccc(C(F)(F)F)cc1NC(=O)CC1CCNC1.Cl. The van der Waals surface area contributed by atoms with Gasteiger partial charge in [-0.15, -0.1) is 12.4 Å². The Hall–Kier alpha value is -1.27. The third kappa shape index (κ3) is 4.89. The Morgan fingerprint density at radius 2 is 2.14 bits per heavy atom. The molecule has 2 N–H and O–H groups in total. The number of hydrogen-bond acceptors (Lipinski definition) is 2. The number of benzene rings is 1. The van der Waals surface area contributed by atoms with E-state index in [2.05, 4.69) is 10.6 Å². The van der Waals surface area contributed by atoms with Crippen molar-refractivity contribution in [3.63, 3.8) is 0 Å². The van der Waals surface area contributed by atoms with Crippen LogP contribution < -0.4 is 10.6 Å². The fourth-order valence-corrected chi connectivity index (χ4v) is 2.29. The third-order valence-corrected chi connectivity index (χ3v) is 3.48. The molecule has 1 atom stereocenters. The first-order valence-corrected chi connectivity index (χ1v) is 6.54. The molecule has 0 radical (unpaired) electrons. The average molecular weight is 323 g/mol. The van der Waals surface area contributed by atoms with Crippen LogP contribution in [-0.4, -0.2) is 19.0 Å². The second kappa shape index (κ2) is 7.13. The summed E-state index contributed by atoms with van der Waals surface area (Å²) >= 11 is 0. The van der Waals surface area contributed by atoms with Crippen LogP contribution in [0.4, 0.5) is 18.9 Å². The zero-order valence-electron chi connectivity index (χ0n) is 11.6. The van der Waals surface area contributed by atoms with Gasteiger partial charge >= 0.3 is 6.18 Å². The van der Waals surface area contributed by atoms with Crippen LogP contribution in [0, 0.1) is 12.8 Å². The van der Waals surface area contributed by atoms with Gasteiger partial charge in [0.2, 0.25) is 5.91 Å². The summed E-state index contributed by atoms with van der Waals surface area (Å²) in [5.74, 6) is 0.0298. The van der Waals surface area contributed by atoms with Gasteiger partial charge in [0.1, 0.15) is 0 Å². The summed E-state index contributed by atoms with van der Waals surface area (Å²) in [5.41, 5.74) is 0.104. The highest BCUT2D eigenvalue weighted by Gasteiger charge is 2.31. The van der Waals surface area contributed by atoms with E-state index >= 15 is 0 Å². The Labute approximate surface area is 127 Å². The number of alkyl halides is 3. The molecular weight excluding hydrogens is 305 g/mol. The molecule has 1 aliphatic rings. The highest BCUT2D eigenvalue weighted by molar-refractivity contribution is 5.91. The molecule has 0 aliphatic carbocycles. The molecule has 1 amide bonds. The number of amides is 1. The summed E-state index contributed by atoms with van der Waals surface area (Å²) < 4.78 is 37.9. The van der Waals surface area contributed by atoms with Crippen molar-refractivity contribution >= 4 is 24.0 Å². The van der Waals surface area contributed by atoms with E-state index in [1.54, 1.807) is 6.92 Å². The molecule has 0 spiro atoms. The lowest BCUT2D eigenvalue weighted by Gasteiger charge is -2.14. The van der Waals surface area contributed by atoms with Crippen LogP contribution >= 0.6 is 12.4 Å². The van der Waals surface area contributed by atoms with Crippen molar-refractivity contribution in [3.05, 3.63) is 29.3 Å². The molecule has 1 aliphatic heterocycles. The highest BCUT2D eigenvalue weighted by Crippen LogP contribution is 2.32. The van der Waals surface area contributed by atoms with Crippen molar-refractivity contribution in [2.45, 2.75) is 25.9 Å². The minimum atomic E-state index is -4.40. The maximum Gasteiger partial charge on any atom is 0.416 e. The number of aryl methyl sites for hydroxylation is 1. The van der Waals surface area contributed by atoms with Crippen molar-refractivity contribution in [2.75, 3.05) is 18.4 Å². The van der Waals surface area contributed by atoms with Crippen LogP contribution in [0.2, 0.25) is 0 Å². The second-order valence-electron chi connectivity index (χ2n) is 5.14. The number of anilines is 1. The summed E-state index contributed by atoms with van der Waals surface area (Å²) in [6.07, 6.45) is -3.14. The molecule has 118 valence electrons. The first-order chi connectivity index (χ1) is 9.36. The van der Waals surface area contributed by atoms with E-state index in [4.69, 9.17) is 0 Å². The monoisotopic (exact) mass is 322 g/mol. The van der Waals surface area contributed by atoms with Gasteiger partial charge in [0.15, 0.2) is 0 Å². The molecule has 1 fully saturated rings. The van der Waals surface area contributed by atoms with Crippen molar-refractivity contribution in [1.29, 1.82) is 0 Å². The molecule has 0 aromatic heterocycles. The normalized spacial score (nSPS) is 18.2. The summed E-state index contributed by atoms with van der Waals surface area (Å²) in [6, 6.07) is 3.38.